The third-order valence-electron chi connectivity index (χ3n) is 6.84. The second-order valence-corrected chi connectivity index (χ2v) is 12.3. The minimum absolute atomic E-state index is 0.254. The van der Waals surface area contributed by atoms with Crippen molar-refractivity contribution in [3.8, 4) is 0 Å². The fourth-order valence-corrected chi connectivity index (χ4v) is 5.41. The van der Waals surface area contributed by atoms with Crippen molar-refractivity contribution in [3.63, 3.8) is 0 Å². The van der Waals surface area contributed by atoms with Gasteiger partial charge in [0.1, 0.15) is 0 Å². The van der Waals surface area contributed by atoms with Gasteiger partial charge >= 0.3 is 5.51 Å². The normalized spacial score (nSPS) is 12.0. The molecule has 0 saturated heterocycles. The van der Waals surface area contributed by atoms with E-state index in [1.54, 1.807) is 24.3 Å². The van der Waals surface area contributed by atoms with Gasteiger partial charge in [-0.15, -0.1) is 0 Å². The van der Waals surface area contributed by atoms with E-state index in [-0.39, 0.29) is 11.9 Å². The topological polar surface area (TPSA) is 48.1 Å². The maximum atomic E-state index is 12.3. The molecule has 2 aromatic carbocycles. The van der Waals surface area contributed by atoms with Gasteiger partial charge < -0.3 is 16.0 Å². The zero-order valence-corrected chi connectivity index (χ0v) is 29.4. The molecule has 2 aromatic rings. The average Bonchev–Trinajstić information content (AvgIpc) is 3.02. The number of halogens is 3. The summed E-state index contributed by atoms with van der Waals surface area (Å²) in [4.78, 5) is 0.709. The lowest BCUT2D eigenvalue weighted by molar-refractivity contribution is -0.0331. The first-order valence-electron chi connectivity index (χ1n) is 16.1. The lowest BCUT2D eigenvalue weighted by Crippen LogP contribution is -2.15. The summed E-state index contributed by atoms with van der Waals surface area (Å²) in [6.07, 6.45) is 13.0. The summed E-state index contributed by atoms with van der Waals surface area (Å²) >= 11 is 0.692. The van der Waals surface area contributed by atoms with Crippen LogP contribution in [0.3, 0.4) is 0 Å². The van der Waals surface area contributed by atoms with Crippen LogP contribution in [0.2, 0.25) is 0 Å². The fraction of sp³-hybridized carbons (Fsp3) is 0.543. The van der Waals surface area contributed by atoms with E-state index in [0.717, 1.165) is 60.6 Å². The summed E-state index contributed by atoms with van der Waals surface area (Å²) in [5.74, 6) is 1.30. The van der Waals surface area contributed by atoms with Gasteiger partial charge in [-0.3, -0.25) is 0 Å². The van der Waals surface area contributed by atoms with Crippen LogP contribution in [0.15, 0.2) is 72.7 Å². The van der Waals surface area contributed by atoms with Gasteiger partial charge in [-0.1, -0.05) is 105 Å². The van der Waals surface area contributed by atoms with Crippen LogP contribution in [0.5, 0.6) is 0 Å². The molecule has 0 aliphatic carbocycles. The number of anilines is 4. The first-order chi connectivity index (χ1) is 21.2. The van der Waals surface area contributed by atoms with Gasteiger partial charge in [-0.25, -0.2) is 0 Å². The summed E-state index contributed by atoms with van der Waals surface area (Å²) in [6.45, 7) is 21.6. The Morgan fingerprint density at radius 1 is 0.727 bits per heavy atom. The van der Waals surface area contributed by atoms with Crippen LogP contribution in [0.4, 0.5) is 35.9 Å². The largest absolute Gasteiger partial charge is 0.457 e. The van der Waals surface area contributed by atoms with Crippen molar-refractivity contribution in [2.45, 2.75) is 103 Å². The summed E-state index contributed by atoms with van der Waals surface area (Å²) < 4.78 is 39.3. The molecule has 9 heteroatoms. The minimum atomic E-state index is -4.31. The van der Waals surface area contributed by atoms with Crippen LogP contribution in [-0.4, -0.2) is 18.6 Å². The Balaban J connectivity index is 0.00000284. The number of alkyl halides is 3. The van der Waals surface area contributed by atoms with E-state index in [9.17, 15) is 13.2 Å². The molecule has 2 rings (SSSR count). The molecule has 0 aliphatic heterocycles. The Morgan fingerprint density at radius 3 is 1.57 bits per heavy atom. The highest BCUT2D eigenvalue weighted by Gasteiger charge is 2.28. The van der Waals surface area contributed by atoms with E-state index < -0.39 is 5.51 Å². The second kappa shape index (κ2) is 26.0. The molecular formula is C35H57F3N4S2. The number of rotatable bonds is 20. The molecule has 0 saturated carbocycles. The van der Waals surface area contributed by atoms with Gasteiger partial charge in [0, 0.05) is 52.7 Å². The van der Waals surface area contributed by atoms with Crippen molar-refractivity contribution in [2.75, 3.05) is 29.0 Å². The molecule has 4 nitrogen and oxygen atoms in total. The highest BCUT2D eigenvalue weighted by atomic mass is 32.2. The molecule has 0 amide bonds. The number of hydrogen-bond donors (Lipinski definition) is 4. The molecule has 0 bridgehead atoms. The number of unbranched alkanes of at least 4 members (excludes halogenated alkanes) is 2. The molecule has 4 N–H and O–H groups in total. The molecule has 2 atom stereocenters. The van der Waals surface area contributed by atoms with Gasteiger partial charge in [-0.05, 0) is 79.1 Å². The number of benzene rings is 2. The van der Waals surface area contributed by atoms with Crippen molar-refractivity contribution in [1.29, 1.82) is 0 Å². The molecule has 0 spiro atoms. The van der Waals surface area contributed by atoms with Crippen LogP contribution >= 0.6 is 23.9 Å². The highest BCUT2D eigenvalue weighted by Crippen LogP contribution is 2.32. The lowest BCUT2D eigenvalue weighted by atomic mass is 9.99. The highest BCUT2D eigenvalue weighted by molar-refractivity contribution is 8.13. The van der Waals surface area contributed by atoms with Gasteiger partial charge in [-0.2, -0.15) is 17.3 Å². The molecule has 250 valence electrons. The summed E-state index contributed by atoms with van der Waals surface area (Å²) in [5.41, 5.74) is -0.305. The Kier molecular flexibility index (Phi) is 24.7. The average molecular weight is 655 g/mol. The fourth-order valence-electron chi connectivity index (χ4n) is 4.20. The summed E-state index contributed by atoms with van der Waals surface area (Å²) in [6, 6.07) is 13.8. The van der Waals surface area contributed by atoms with Gasteiger partial charge in [0.15, 0.2) is 0 Å². The van der Waals surface area contributed by atoms with E-state index in [4.69, 9.17) is 0 Å². The van der Waals surface area contributed by atoms with E-state index in [0.29, 0.717) is 16.7 Å². The van der Waals surface area contributed by atoms with E-state index in [2.05, 4.69) is 79.1 Å². The van der Waals surface area contributed by atoms with Crippen LogP contribution in [0.25, 0.3) is 0 Å². The SMILES string of the molecule is C=CC=C.CC.CCCCC(CC)CNc1cc(NCC(CC)CCCC)cc(Nc2ccc(SNSC(F)(F)F)cc2)c1. The minimum Gasteiger partial charge on any atom is -0.385 e. The molecule has 0 aromatic heterocycles. The van der Waals surface area contributed by atoms with E-state index >= 15 is 0 Å². The van der Waals surface area contributed by atoms with Crippen LogP contribution in [-0.2, 0) is 0 Å². The quantitative estimate of drug-likeness (QED) is 0.0842. The summed E-state index contributed by atoms with van der Waals surface area (Å²) in [7, 11) is 0. The first kappa shape index (κ1) is 41.8. The Bertz CT molecular complexity index is 956. The summed E-state index contributed by atoms with van der Waals surface area (Å²) in [5, 5.41) is 10.8. The van der Waals surface area contributed by atoms with Gasteiger partial charge in [0.2, 0.25) is 0 Å². The smallest absolute Gasteiger partial charge is 0.385 e. The van der Waals surface area contributed by atoms with Crippen molar-refractivity contribution in [2.24, 2.45) is 11.8 Å². The van der Waals surface area contributed by atoms with Crippen molar-refractivity contribution < 1.29 is 13.2 Å². The Morgan fingerprint density at radius 2 is 1.18 bits per heavy atom. The number of nitrogens with one attached hydrogen (secondary N) is 4. The van der Waals surface area contributed by atoms with Crippen molar-refractivity contribution in [1.82, 2.24) is 4.13 Å². The third-order valence-corrected chi connectivity index (χ3v) is 8.24. The van der Waals surface area contributed by atoms with Gasteiger partial charge in [0.25, 0.3) is 0 Å². The maximum Gasteiger partial charge on any atom is 0.457 e. The first-order valence-corrected chi connectivity index (χ1v) is 17.7. The number of hydrogen-bond acceptors (Lipinski definition) is 6. The zero-order valence-electron chi connectivity index (χ0n) is 27.8. The Hall–Kier alpha value is -2.23. The van der Waals surface area contributed by atoms with Gasteiger partial charge in [0.05, 0.1) is 0 Å². The molecule has 44 heavy (non-hydrogen) atoms. The molecule has 2 unspecified atom stereocenters. The second-order valence-electron chi connectivity index (χ2n) is 10.2. The van der Waals surface area contributed by atoms with E-state index in [1.807, 2.05) is 26.0 Å². The predicted molar refractivity (Wildman–Crippen MR) is 194 cm³/mol. The van der Waals surface area contributed by atoms with Crippen LogP contribution in [0.1, 0.15) is 92.9 Å². The Labute approximate surface area is 275 Å². The number of allylic oxidation sites excluding steroid dienone is 2. The van der Waals surface area contributed by atoms with Crippen LogP contribution < -0.4 is 20.1 Å². The lowest BCUT2D eigenvalue weighted by Gasteiger charge is -2.20. The van der Waals surface area contributed by atoms with Crippen molar-refractivity contribution >= 4 is 46.6 Å². The molecule has 0 fully saturated rings. The standard InChI is InChI=1S/C29H45F3N4S2.C4H6.C2H6/c1-5-9-11-22(7-3)20-33-25-17-26(34-21-23(8-4)12-10-6-2)19-27(18-25)35-24-13-15-28(16-14-24)37-36-38-29(30,31)32;1-3-4-2;1-2/h13-19,22-23,33-36H,5-12,20-21H2,1-4H3;3-4H,1-2H2;1-2H3. The van der Waals surface area contributed by atoms with E-state index in [1.165, 1.54) is 38.5 Å². The monoisotopic (exact) mass is 654 g/mol. The molecule has 0 heterocycles. The molecule has 0 aliphatic rings. The van der Waals surface area contributed by atoms with Crippen LogP contribution in [0, 0.1) is 11.8 Å². The van der Waals surface area contributed by atoms with Crippen molar-refractivity contribution in [3.05, 3.63) is 67.8 Å². The molecular weight excluding hydrogens is 598 g/mol. The predicted octanol–water partition coefficient (Wildman–Crippen LogP) is 12.8. The zero-order chi connectivity index (χ0) is 33.2. The third kappa shape index (κ3) is 20.7. The molecule has 0 radical (unpaired) electrons. The maximum absolute atomic E-state index is 12.3.